The predicted molar refractivity (Wildman–Crippen MR) is 85.6 cm³/mol. The maximum atomic E-state index is 12.2. The normalized spacial score (nSPS) is 13.1. The molecular weight excluding hydrogens is 296 g/mol. The molecule has 2 N–H and O–H groups in total. The first kappa shape index (κ1) is 16.6. The SMILES string of the molecule is C[C@](N)(Cc1ccccc1)C(=O)OCc1ccc([N+](=O)[O-])cc1. The van der Waals surface area contributed by atoms with Gasteiger partial charge < -0.3 is 10.5 Å². The number of non-ortho nitro benzene ring substituents is 1. The number of rotatable bonds is 6. The topological polar surface area (TPSA) is 95.5 Å². The third-order valence-electron chi connectivity index (χ3n) is 3.40. The molecule has 0 aromatic heterocycles. The highest BCUT2D eigenvalue weighted by molar-refractivity contribution is 5.80. The van der Waals surface area contributed by atoms with Crippen molar-refractivity contribution in [2.24, 2.45) is 5.73 Å². The molecule has 23 heavy (non-hydrogen) atoms. The molecule has 0 fully saturated rings. The first-order chi connectivity index (χ1) is 10.9. The van der Waals surface area contributed by atoms with Crippen molar-refractivity contribution in [3.05, 3.63) is 75.8 Å². The van der Waals surface area contributed by atoms with Crippen LogP contribution in [0.25, 0.3) is 0 Å². The molecule has 6 heteroatoms. The lowest BCUT2D eigenvalue weighted by molar-refractivity contribution is -0.384. The van der Waals surface area contributed by atoms with Crippen molar-refractivity contribution in [2.45, 2.75) is 25.5 Å². The van der Waals surface area contributed by atoms with E-state index in [0.29, 0.717) is 12.0 Å². The van der Waals surface area contributed by atoms with E-state index in [9.17, 15) is 14.9 Å². The molecule has 2 aromatic rings. The fourth-order valence-corrected chi connectivity index (χ4v) is 2.12. The zero-order chi connectivity index (χ0) is 16.9. The fraction of sp³-hybridized carbons (Fsp3) is 0.235. The summed E-state index contributed by atoms with van der Waals surface area (Å²) >= 11 is 0. The molecule has 0 amide bonds. The van der Waals surface area contributed by atoms with Crippen LogP contribution in [0.15, 0.2) is 54.6 Å². The maximum absolute atomic E-state index is 12.2. The molecule has 120 valence electrons. The lowest BCUT2D eigenvalue weighted by Crippen LogP contribution is -2.48. The summed E-state index contributed by atoms with van der Waals surface area (Å²) in [7, 11) is 0. The van der Waals surface area contributed by atoms with Gasteiger partial charge in [-0.2, -0.15) is 0 Å². The standard InChI is InChI=1S/C17H18N2O4/c1-17(18,11-13-5-3-2-4-6-13)16(20)23-12-14-7-9-15(10-8-14)19(21)22/h2-10H,11-12,18H2,1H3/t17-/m0/s1. The Morgan fingerprint density at radius 3 is 2.30 bits per heavy atom. The molecule has 0 aliphatic carbocycles. The molecule has 0 heterocycles. The third-order valence-corrected chi connectivity index (χ3v) is 3.40. The Morgan fingerprint density at radius 2 is 1.74 bits per heavy atom. The lowest BCUT2D eigenvalue weighted by Gasteiger charge is -2.22. The number of carbonyl (C=O) groups excluding carboxylic acids is 1. The van der Waals surface area contributed by atoms with E-state index in [1.54, 1.807) is 19.1 Å². The highest BCUT2D eigenvalue weighted by Crippen LogP contribution is 2.15. The minimum absolute atomic E-state index is 0.00665. The van der Waals surface area contributed by atoms with Crippen molar-refractivity contribution in [2.75, 3.05) is 0 Å². The Bertz CT molecular complexity index is 681. The Balaban J connectivity index is 1.94. The zero-order valence-electron chi connectivity index (χ0n) is 12.8. The molecule has 0 unspecified atom stereocenters. The van der Waals surface area contributed by atoms with E-state index in [1.165, 1.54) is 12.1 Å². The van der Waals surface area contributed by atoms with Crippen LogP contribution >= 0.6 is 0 Å². The highest BCUT2D eigenvalue weighted by Gasteiger charge is 2.30. The van der Waals surface area contributed by atoms with E-state index in [0.717, 1.165) is 5.56 Å². The Kier molecular flexibility index (Phi) is 5.08. The number of nitro groups is 1. The van der Waals surface area contributed by atoms with Crippen molar-refractivity contribution in [1.82, 2.24) is 0 Å². The largest absolute Gasteiger partial charge is 0.459 e. The van der Waals surface area contributed by atoms with Gasteiger partial charge in [-0.05, 0) is 30.2 Å². The molecule has 0 spiro atoms. The van der Waals surface area contributed by atoms with Gasteiger partial charge in [0.1, 0.15) is 12.1 Å². The number of hydrogen-bond donors (Lipinski definition) is 1. The van der Waals surface area contributed by atoms with Gasteiger partial charge in [0.15, 0.2) is 0 Å². The lowest BCUT2D eigenvalue weighted by atomic mass is 9.94. The van der Waals surface area contributed by atoms with E-state index in [2.05, 4.69) is 0 Å². The predicted octanol–water partition coefficient (Wildman–Crippen LogP) is 2.60. The summed E-state index contributed by atoms with van der Waals surface area (Å²) in [6.45, 7) is 1.65. The van der Waals surface area contributed by atoms with Gasteiger partial charge in [-0.15, -0.1) is 0 Å². The van der Waals surface area contributed by atoms with Crippen LogP contribution in [0.1, 0.15) is 18.1 Å². The summed E-state index contributed by atoms with van der Waals surface area (Å²) in [6, 6.07) is 15.3. The third kappa shape index (κ3) is 4.62. The van der Waals surface area contributed by atoms with Gasteiger partial charge in [0, 0.05) is 18.6 Å². The van der Waals surface area contributed by atoms with Crippen LogP contribution in [0.4, 0.5) is 5.69 Å². The second-order valence-electron chi connectivity index (χ2n) is 5.58. The number of esters is 1. The zero-order valence-corrected chi connectivity index (χ0v) is 12.8. The molecule has 2 rings (SSSR count). The van der Waals surface area contributed by atoms with Crippen molar-refractivity contribution in [3.63, 3.8) is 0 Å². The molecule has 0 aliphatic heterocycles. The number of benzene rings is 2. The van der Waals surface area contributed by atoms with Crippen LogP contribution in [0.2, 0.25) is 0 Å². The van der Waals surface area contributed by atoms with Crippen LogP contribution < -0.4 is 5.73 Å². The van der Waals surface area contributed by atoms with E-state index in [-0.39, 0.29) is 12.3 Å². The molecule has 0 saturated heterocycles. The number of nitro benzene ring substituents is 1. The van der Waals surface area contributed by atoms with Crippen LogP contribution in [0, 0.1) is 10.1 Å². The monoisotopic (exact) mass is 314 g/mol. The smallest absolute Gasteiger partial charge is 0.326 e. The van der Waals surface area contributed by atoms with Crippen LogP contribution in [-0.2, 0) is 22.6 Å². The quantitative estimate of drug-likeness (QED) is 0.502. The second kappa shape index (κ2) is 7.02. The first-order valence-electron chi connectivity index (χ1n) is 7.12. The van der Waals surface area contributed by atoms with Crippen molar-refractivity contribution >= 4 is 11.7 Å². The summed E-state index contributed by atoms with van der Waals surface area (Å²) < 4.78 is 5.23. The van der Waals surface area contributed by atoms with Crippen molar-refractivity contribution < 1.29 is 14.5 Å². The van der Waals surface area contributed by atoms with E-state index < -0.39 is 16.4 Å². The average Bonchev–Trinajstić information content (AvgIpc) is 2.53. The average molecular weight is 314 g/mol. The number of carbonyl (C=O) groups is 1. The van der Waals surface area contributed by atoms with Crippen molar-refractivity contribution in [3.8, 4) is 0 Å². The number of hydrogen-bond acceptors (Lipinski definition) is 5. The van der Waals surface area contributed by atoms with E-state index >= 15 is 0 Å². The number of nitrogens with zero attached hydrogens (tertiary/aromatic N) is 1. The Morgan fingerprint density at radius 1 is 1.13 bits per heavy atom. The summed E-state index contributed by atoms with van der Waals surface area (Å²) in [5.74, 6) is -0.514. The summed E-state index contributed by atoms with van der Waals surface area (Å²) in [5.41, 5.74) is 6.53. The first-order valence-corrected chi connectivity index (χ1v) is 7.12. The molecule has 0 radical (unpaired) electrons. The van der Waals surface area contributed by atoms with Gasteiger partial charge in [0.25, 0.3) is 5.69 Å². The molecule has 0 bridgehead atoms. The highest BCUT2D eigenvalue weighted by atomic mass is 16.6. The number of nitrogens with two attached hydrogens (primary N) is 1. The Hall–Kier alpha value is -2.73. The molecule has 2 aromatic carbocycles. The molecule has 1 atom stereocenters. The second-order valence-corrected chi connectivity index (χ2v) is 5.58. The van der Waals surface area contributed by atoms with Crippen molar-refractivity contribution in [1.29, 1.82) is 0 Å². The van der Waals surface area contributed by atoms with Crippen LogP contribution in [0.3, 0.4) is 0 Å². The van der Waals surface area contributed by atoms with Gasteiger partial charge in [-0.1, -0.05) is 30.3 Å². The van der Waals surface area contributed by atoms with Crippen LogP contribution in [0.5, 0.6) is 0 Å². The fourth-order valence-electron chi connectivity index (χ4n) is 2.12. The molecule has 0 saturated carbocycles. The minimum Gasteiger partial charge on any atom is -0.459 e. The van der Waals surface area contributed by atoms with Gasteiger partial charge >= 0.3 is 5.97 Å². The summed E-state index contributed by atoms with van der Waals surface area (Å²) in [6.07, 6.45) is 0.368. The number of ether oxygens (including phenoxy) is 1. The Labute approximate surface area is 134 Å². The molecular formula is C17H18N2O4. The van der Waals surface area contributed by atoms with E-state index in [4.69, 9.17) is 10.5 Å². The van der Waals surface area contributed by atoms with Gasteiger partial charge in [0.2, 0.25) is 0 Å². The minimum atomic E-state index is -1.14. The summed E-state index contributed by atoms with van der Waals surface area (Å²) in [5, 5.41) is 10.6. The summed E-state index contributed by atoms with van der Waals surface area (Å²) in [4.78, 5) is 22.3. The molecule has 0 aliphatic rings. The van der Waals surface area contributed by atoms with Crippen LogP contribution in [-0.4, -0.2) is 16.4 Å². The molecule has 6 nitrogen and oxygen atoms in total. The van der Waals surface area contributed by atoms with E-state index in [1.807, 2.05) is 30.3 Å². The van der Waals surface area contributed by atoms with Gasteiger partial charge in [-0.3, -0.25) is 14.9 Å². The van der Waals surface area contributed by atoms with Gasteiger partial charge in [-0.25, -0.2) is 0 Å². The maximum Gasteiger partial charge on any atom is 0.326 e. The van der Waals surface area contributed by atoms with Gasteiger partial charge in [0.05, 0.1) is 4.92 Å².